The molecule has 1 aromatic rings. The van der Waals surface area contributed by atoms with E-state index in [-0.39, 0.29) is 5.91 Å². The number of carbonyl (C=O) groups excluding carboxylic acids is 1. The highest BCUT2D eigenvalue weighted by Gasteiger charge is 2.14. The van der Waals surface area contributed by atoms with Gasteiger partial charge in [-0.25, -0.2) is 0 Å². The molecule has 0 bridgehead atoms. The molecule has 1 fully saturated rings. The molecule has 0 aliphatic heterocycles. The van der Waals surface area contributed by atoms with Gasteiger partial charge in [-0.2, -0.15) is 0 Å². The molecule has 1 aliphatic rings. The van der Waals surface area contributed by atoms with E-state index in [0.29, 0.717) is 13.0 Å². The predicted octanol–water partition coefficient (Wildman–Crippen LogP) is 3.26. The smallest absolute Gasteiger partial charge is 0.220 e. The lowest BCUT2D eigenvalue weighted by Crippen LogP contribution is -2.23. The molecule has 0 radical (unpaired) electrons. The van der Waals surface area contributed by atoms with Crippen molar-refractivity contribution in [3.8, 4) is 0 Å². The highest BCUT2D eigenvalue weighted by atomic mass is 16.3. The number of carbonyl (C=O) groups is 1. The monoisotopic (exact) mass is 235 g/mol. The van der Waals surface area contributed by atoms with Crippen LogP contribution in [0.4, 0.5) is 0 Å². The Labute approximate surface area is 103 Å². The maximum atomic E-state index is 11.6. The highest BCUT2D eigenvalue weighted by molar-refractivity contribution is 5.75. The minimum Gasteiger partial charge on any atom is -0.467 e. The van der Waals surface area contributed by atoms with Crippen molar-refractivity contribution >= 4 is 5.91 Å². The summed E-state index contributed by atoms with van der Waals surface area (Å²) in [5.74, 6) is 1.74. The first-order valence-corrected chi connectivity index (χ1v) is 6.63. The largest absolute Gasteiger partial charge is 0.467 e. The summed E-state index contributed by atoms with van der Waals surface area (Å²) in [5.41, 5.74) is 0. The second-order valence-electron chi connectivity index (χ2n) is 4.90. The van der Waals surface area contributed by atoms with Gasteiger partial charge < -0.3 is 9.73 Å². The van der Waals surface area contributed by atoms with Crippen LogP contribution in [-0.2, 0) is 11.3 Å². The topological polar surface area (TPSA) is 42.2 Å². The molecule has 3 nitrogen and oxygen atoms in total. The van der Waals surface area contributed by atoms with Gasteiger partial charge in [-0.15, -0.1) is 0 Å². The average Bonchev–Trinajstić information content (AvgIpc) is 2.88. The van der Waals surface area contributed by atoms with Gasteiger partial charge in [-0.05, 0) is 24.5 Å². The molecule has 1 saturated carbocycles. The van der Waals surface area contributed by atoms with Gasteiger partial charge in [0.2, 0.25) is 5.91 Å². The fourth-order valence-electron chi connectivity index (χ4n) is 2.50. The summed E-state index contributed by atoms with van der Waals surface area (Å²) >= 11 is 0. The Kier molecular flexibility index (Phi) is 4.65. The van der Waals surface area contributed by atoms with E-state index in [1.54, 1.807) is 6.26 Å². The average molecular weight is 235 g/mol. The third-order valence-corrected chi connectivity index (χ3v) is 3.54. The Bertz CT molecular complexity index is 326. The minimum atomic E-state index is 0.145. The zero-order valence-electron chi connectivity index (χ0n) is 10.3. The summed E-state index contributed by atoms with van der Waals surface area (Å²) in [4.78, 5) is 11.6. The summed E-state index contributed by atoms with van der Waals surface area (Å²) in [6.45, 7) is 0.510. The summed E-state index contributed by atoms with van der Waals surface area (Å²) < 4.78 is 5.16. The molecule has 1 aromatic heterocycles. The fraction of sp³-hybridized carbons (Fsp3) is 0.643. The van der Waals surface area contributed by atoms with Gasteiger partial charge in [0.25, 0.3) is 0 Å². The van der Waals surface area contributed by atoms with Crippen LogP contribution in [0.5, 0.6) is 0 Å². The van der Waals surface area contributed by atoms with Crippen LogP contribution in [0.2, 0.25) is 0 Å². The van der Waals surface area contributed by atoms with Gasteiger partial charge in [0.05, 0.1) is 12.8 Å². The van der Waals surface area contributed by atoms with Gasteiger partial charge in [0, 0.05) is 6.42 Å². The number of furan rings is 1. The lowest BCUT2D eigenvalue weighted by atomic mass is 9.86. The summed E-state index contributed by atoms with van der Waals surface area (Å²) in [6.07, 6.45) is 10.0. The van der Waals surface area contributed by atoms with Crippen LogP contribution in [0.1, 0.15) is 50.7 Å². The molecular weight excluding hydrogens is 214 g/mol. The molecule has 0 aromatic carbocycles. The van der Waals surface area contributed by atoms with Gasteiger partial charge >= 0.3 is 0 Å². The van der Waals surface area contributed by atoms with Crippen molar-refractivity contribution in [1.29, 1.82) is 0 Å². The Morgan fingerprint density at radius 1 is 1.35 bits per heavy atom. The third kappa shape index (κ3) is 4.25. The SMILES string of the molecule is O=C(CCC1CCCCC1)NCc1ccco1. The maximum absolute atomic E-state index is 11.6. The first-order chi connectivity index (χ1) is 8.34. The number of rotatable bonds is 5. The third-order valence-electron chi connectivity index (χ3n) is 3.54. The number of hydrogen-bond acceptors (Lipinski definition) is 2. The predicted molar refractivity (Wildman–Crippen MR) is 66.4 cm³/mol. The van der Waals surface area contributed by atoms with E-state index >= 15 is 0 Å². The Morgan fingerprint density at radius 2 is 2.18 bits per heavy atom. The van der Waals surface area contributed by atoms with E-state index in [2.05, 4.69) is 5.32 Å². The molecule has 0 spiro atoms. The lowest BCUT2D eigenvalue weighted by molar-refractivity contribution is -0.121. The van der Waals surface area contributed by atoms with Gasteiger partial charge in [-0.1, -0.05) is 32.1 Å². The summed E-state index contributed by atoms with van der Waals surface area (Å²) in [6, 6.07) is 3.71. The number of nitrogens with one attached hydrogen (secondary N) is 1. The Morgan fingerprint density at radius 3 is 2.88 bits per heavy atom. The maximum Gasteiger partial charge on any atom is 0.220 e. The highest BCUT2D eigenvalue weighted by Crippen LogP contribution is 2.27. The Balaban J connectivity index is 1.60. The molecular formula is C14H21NO2. The van der Waals surface area contributed by atoms with E-state index in [4.69, 9.17) is 4.42 Å². The molecule has 3 heteroatoms. The molecule has 2 rings (SSSR count). The van der Waals surface area contributed by atoms with Crippen molar-refractivity contribution in [3.05, 3.63) is 24.2 Å². The molecule has 94 valence electrons. The van der Waals surface area contributed by atoms with Crippen LogP contribution in [0.3, 0.4) is 0 Å². The molecule has 1 aliphatic carbocycles. The fourth-order valence-corrected chi connectivity index (χ4v) is 2.50. The van der Waals surface area contributed by atoms with E-state index in [0.717, 1.165) is 18.1 Å². The second-order valence-corrected chi connectivity index (χ2v) is 4.90. The Hall–Kier alpha value is -1.25. The van der Waals surface area contributed by atoms with Crippen LogP contribution < -0.4 is 5.32 Å². The normalized spacial score (nSPS) is 16.9. The van der Waals surface area contributed by atoms with Gasteiger partial charge in [0.1, 0.15) is 5.76 Å². The molecule has 17 heavy (non-hydrogen) atoms. The van der Waals surface area contributed by atoms with Crippen LogP contribution in [0.15, 0.2) is 22.8 Å². The lowest BCUT2D eigenvalue weighted by Gasteiger charge is -2.20. The zero-order valence-corrected chi connectivity index (χ0v) is 10.3. The van der Waals surface area contributed by atoms with Crippen molar-refractivity contribution in [2.75, 3.05) is 0 Å². The van der Waals surface area contributed by atoms with Crippen molar-refractivity contribution in [3.63, 3.8) is 0 Å². The van der Waals surface area contributed by atoms with E-state index < -0.39 is 0 Å². The van der Waals surface area contributed by atoms with E-state index in [1.165, 1.54) is 32.1 Å². The van der Waals surface area contributed by atoms with Crippen molar-refractivity contribution in [2.24, 2.45) is 5.92 Å². The minimum absolute atomic E-state index is 0.145. The van der Waals surface area contributed by atoms with Gasteiger partial charge in [0.15, 0.2) is 0 Å². The van der Waals surface area contributed by atoms with Crippen LogP contribution in [-0.4, -0.2) is 5.91 Å². The van der Waals surface area contributed by atoms with E-state index in [1.807, 2.05) is 12.1 Å². The molecule has 0 atom stereocenters. The van der Waals surface area contributed by atoms with Crippen molar-refractivity contribution < 1.29 is 9.21 Å². The molecule has 1 N–H and O–H groups in total. The molecule has 0 unspecified atom stereocenters. The quantitative estimate of drug-likeness (QED) is 0.851. The van der Waals surface area contributed by atoms with Crippen molar-refractivity contribution in [2.45, 2.75) is 51.5 Å². The molecule has 1 amide bonds. The van der Waals surface area contributed by atoms with Crippen LogP contribution in [0, 0.1) is 5.92 Å². The number of amides is 1. The van der Waals surface area contributed by atoms with Crippen molar-refractivity contribution in [1.82, 2.24) is 5.32 Å². The first kappa shape index (κ1) is 12.2. The summed E-state index contributed by atoms with van der Waals surface area (Å²) in [7, 11) is 0. The van der Waals surface area contributed by atoms with Crippen LogP contribution >= 0.6 is 0 Å². The standard InChI is InChI=1S/C14H21NO2/c16-14(15-11-13-7-4-10-17-13)9-8-12-5-2-1-3-6-12/h4,7,10,12H,1-3,5-6,8-9,11H2,(H,15,16). The summed E-state index contributed by atoms with van der Waals surface area (Å²) in [5, 5.41) is 2.89. The zero-order chi connectivity index (χ0) is 11.9. The first-order valence-electron chi connectivity index (χ1n) is 6.63. The number of hydrogen-bond donors (Lipinski definition) is 1. The van der Waals surface area contributed by atoms with Crippen LogP contribution in [0.25, 0.3) is 0 Å². The van der Waals surface area contributed by atoms with E-state index in [9.17, 15) is 4.79 Å². The second kappa shape index (κ2) is 6.48. The molecule has 0 saturated heterocycles. The van der Waals surface area contributed by atoms with Gasteiger partial charge in [-0.3, -0.25) is 4.79 Å². The molecule has 1 heterocycles.